The van der Waals surface area contributed by atoms with E-state index >= 15 is 0 Å². The normalized spacial score (nSPS) is 18.1. The van der Waals surface area contributed by atoms with E-state index in [2.05, 4.69) is 4.98 Å². The molecule has 0 saturated heterocycles. The molecule has 0 aliphatic heterocycles. The lowest BCUT2D eigenvalue weighted by Crippen LogP contribution is -2.32. The predicted molar refractivity (Wildman–Crippen MR) is 80.1 cm³/mol. The summed E-state index contributed by atoms with van der Waals surface area (Å²) in [5.74, 6) is 0.0376. The standard InChI is InChI=1S/C14H18N4O2S/c1-17-9-16-13(15)14(17)21(19,20)18(2)12-8-7-10-5-3-4-6-11(10)12/h3-6,9,12H,7-8,15H2,1-2H3. The largest absolute Gasteiger partial charge is 0.381 e. The molecular formula is C14H18N4O2S. The third kappa shape index (κ3) is 2.13. The lowest BCUT2D eigenvalue weighted by molar-refractivity contribution is 0.371. The summed E-state index contributed by atoms with van der Waals surface area (Å²) in [5, 5.41) is 0.0504. The maximum Gasteiger partial charge on any atom is 0.262 e. The molecular weight excluding hydrogens is 288 g/mol. The molecule has 1 unspecified atom stereocenters. The molecule has 21 heavy (non-hydrogen) atoms. The van der Waals surface area contributed by atoms with Crippen LogP contribution in [0.25, 0.3) is 0 Å². The zero-order valence-electron chi connectivity index (χ0n) is 12.0. The fourth-order valence-corrected chi connectivity index (χ4v) is 4.52. The van der Waals surface area contributed by atoms with Crippen molar-refractivity contribution in [3.63, 3.8) is 0 Å². The van der Waals surface area contributed by atoms with Crippen LogP contribution in [0.15, 0.2) is 35.6 Å². The van der Waals surface area contributed by atoms with Crippen LogP contribution in [-0.4, -0.2) is 29.3 Å². The van der Waals surface area contributed by atoms with Gasteiger partial charge in [-0.25, -0.2) is 13.4 Å². The van der Waals surface area contributed by atoms with Gasteiger partial charge in [0, 0.05) is 14.1 Å². The molecule has 3 rings (SSSR count). The Labute approximate surface area is 124 Å². The average Bonchev–Trinajstić information content (AvgIpc) is 3.01. The van der Waals surface area contributed by atoms with E-state index in [4.69, 9.17) is 5.73 Å². The van der Waals surface area contributed by atoms with Gasteiger partial charge < -0.3 is 10.3 Å². The molecule has 2 aromatic rings. The van der Waals surface area contributed by atoms with Crippen molar-refractivity contribution in [1.82, 2.24) is 13.9 Å². The highest BCUT2D eigenvalue weighted by Gasteiger charge is 2.36. The van der Waals surface area contributed by atoms with Gasteiger partial charge >= 0.3 is 0 Å². The molecule has 112 valence electrons. The molecule has 7 heteroatoms. The van der Waals surface area contributed by atoms with Crippen LogP contribution < -0.4 is 5.73 Å². The SMILES string of the molecule is CN(C1CCc2ccccc21)S(=O)(=O)c1c(N)ncn1C. The number of imidazole rings is 1. The van der Waals surface area contributed by atoms with Crippen molar-refractivity contribution in [2.24, 2.45) is 7.05 Å². The molecule has 0 spiro atoms. The molecule has 0 fully saturated rings. The molecule has 1 aliphatic rings. The van der Waals surface area contributed by atoms with Crippen molar-refractivity contribution < 1.29 is 8.42 Å². The highest BCUT2D eigenvalue weighted by molar-refractivity contribution is 7.89. The van der Waals surface area contributed by atoms with Gasteiger partial charge in [-0.2, -0.15) is 4.31 Å². The highest BCUT2D eigenvalue weighted by atomic mass is 32.2. The average molecular weight is 306 g/mol. The summed E-state index contributed by atoms with van der Waals surface area (Å²) in [6, 6.07) is 7.81. The van der Waals surface area contributed by atoms with E-state index in [0.29, 0.717) is 0 Å². The highest BCUT2D eigenvalue weighted by Crippen LogP contribution is 2.37. The zero-order valence-corrected chi connectivity index (χ0v) is 12.8. The van der Waals surface area contributed by atoms with Crippen LogP contribution >= 0.6 is 0 Å². The first-order valence-corrected chi connectivity index (χ1v) is 8.19. The first kappa shape index (κ1) is 14.1. The monoisotopic (exact) mass is 306 g/mol. The van der Waals surface area contributed by atoms with Crippen molar-refractivity contribution in [3.8, 4) is 0 Å². The summed E-state index contributed by atoms with van der Waals surface area (Å²) in [5.41, 5.74) is 8.00. The third-order valence-corrected chi connectivity index (χ3v) is 6.07. The van der Waals surface area contributed by atoms with Crippen molar-refractivity contribution >= 4 is 15.8 Å². The lowest BCUT2D eigenvalue weighted by atomic mass is 10.1. The van der Waals surface area contributed by atoms with E-state index in [9.17, 15) is 8.42 Å². The number of nitrogens with zero attached hydrogens (tertiary/aromatic N) is 3. The number of benzene rings is 1. The predicted octanol–water partition coefficient (Wildman–Crippen LogP) is 1.31. The summed E-state index contributed by atoms with van der Waals surface area (Å²) in [7, 11) is -0.437. The second kappa shape index (κ2) is 4.85. The van der Waals surface area contributed by atoms with Gasteiger partial charge in [-0.3, -0.25) is 0 Å². The van der Waals surface area contributed by atoms with Gasteiger partial charge in [0.15, 0.2) is 10.8 Å². The van der Waals surface area contributed by atoms with Crippen LogP contribution in [0, 0.1) is 0 Å². The smallest absolute Gasteiger partial charge is 0.262 e. The summed E-state index contributed by atoms with van der Waals surface area (Å²) >= 11 is 0. The van der Waals surface area contributed by atoms with Crippen LogP contribution in [-0.2, 0) is 23.5 Å². The van der Waals surface area contributed by atoms with E-state index < -0.39 is 10.0 Å². The first-order chi connectivity index (χ1) is 9.93. The number of nitrogens with two attached hydrogens (primary N) is 1. The van der Waals surface area contributed by atoms with E-state index in [0.717, 1.165) is 18.4 Å². The second-order valence-electron chi connectivity index (χ2n) is 5.32. The van der Waals surface area contributed by atoms with Gasteiger partial charge in [-0.05, 0) is 24.0 Å². The van der Waals surface area contributed by atoms with Crippen molar-refractivity contribution in [1.29, 1.82) is 0 Å². The Hall–Kier alpha value is -1.86. The maximum absolute atomic E-state index is 12.8. The summed E-state index contributed by atoms with van der Waals surface area (Å²) in [4.78, 5) is 3.87. The molecule has 1 atom stereocenters. The number of aromatic nitrogens is 2. The Kier molecular flexibility index (Phi) is 3.26. The minimum Gasteiger partial charge on any atom is -0.381 e. The molecule has 0 amide bonds. The van der Waals surface area contributed by atoms with Gasteiger partial charge in [0.1, 0.15) is 0 Å². The van der Waals surface area contributed by atoms with Crippen LogP contribution in [0.1, 0.15) is 23.6 Å². The number of aryl methyl sites for hydroxylation is 2. The number of rotatable bonds is 3. The molecule has 1 aromatic carbocycles. The summed E-state index contributed by atoms with van der Waals surface area (Å²) in [6.45, 7) is 0. The van der Waals surface area contributed by atoms with Crippen molar-refractivity contribution in [3.05, 3.63) is 41.7 Å². The summed E-state index contributed by atoms with van der Waals surface area (Å²) < 4.78 is 28.5. The number of sulfonamides is 1. The zero-order chi connectivity index (χ0) is 15.2. The fraction of sp³-hybridized carbons (Fsp3) is 0.357. The fourth-order valence-electron chi connectivity index (χ4n) is 2.97. The molecule has 1 aliphatic carbocycles. The summed E-state index contributed by atoms with van der Waals surface area (Å²) in [6.07, 6.45) is 3.09. The Morgan fingerprint density at radius 2 is 2.10 bits per heavy atom. The number of anilines is 1. The van der Waals surface area contributed by atoms with E-state index in [1.807, 2.05) is 24.3 Å². The Morgan fingerprint density at radius 3 is 2.76 bits per heavy atom. The molecule has 0 bridgehead atoms. The van der Waals surface area contributed by atoms with Gasteiger partial charge in [0.05, 0.1) is 12.4 Å². The Bertz CT molecular complexity index is 763. The Balaban J connectivity index is 2.02. The molecule has 0 radical (unpaired) electrons. The molecule has 1 aromatic heterocycles. The van der Waals surface area contributed by atoms with Crippen molar-refractivity contribution in [2.75, 3.05) is 12.8 Å². The third-order valence-electron chi connectivity index (χ3n) is 4.07. The number of hydrogen-bond donors (Lipinski definition) is 1. The van der Waals surface area contributed by atoms with Crippen LogP contribution in [0.3, 0.4) is 0 Å². The number of hydrogen-bond acceptors (Lipinski definition) is 4. The number of fused-ring (bicyclic) bond motifs is 1. The molecule has 0 saturated carbocycles. The Morgan fingerprint density at radius 1 is 1.38 bits per heavy atom. The first-order valence-electron chi connectivity index (χ1n) is 6.75. The van der Waals surface area contributed by atoms with Gasteiger partial charge in [-0.15, -0.1) is 0 Å². The molecule has 2 N–H and O–H groups in total. The van der Waals surface area contributed by atoms with Gasteiger partial charge in [0.2, 0.25) is 0 Å². The minimum absolute atomic E-state index is 0.0376. The van der Waals surface area contributed by atoms with Crippen LogP contribution in [0.2, 0.25) is 0 Å². The molecule has 6 nitrogen and oxygen atoms in total. The topological polar surface area (TPSA) is 81.2 Å². The quantitative estimate of drug-likeness (QED) is 0.927. The van der Waals surface area contributed by atoms with E-state index in [1.54, 1.807) is 14.1 Å². The van der Waals surface area contributed by atoms with E-state index in [1.165, 1.54) is 20.8 Å². The second-order valence-corrected chi connectivity index (χ2v) is 7.23. The van der Waals surface area contributed by atoms with Crippen molar-refractivity contribution in [2.45, 2.75) is 23.9 Å². The van der Waals surface area contributed by atoms with Gasteiger partial charge in [0.25, 0.3) is 10.0 Å². The molecule has 1 heterocycles. The lowest BCUT2D eigenvalue weighted by Gasteiger charge is -2.24. The van der Waals surface area contributed by atoms with Crippen LogP contribution in [0.5, 0.6) is 0 Å². The minimum atomic E-state index is -3.67. The van der Waals surface area contributed by atoms with Gasteiger partial charge in [-0.1, -0.05) is 24.3 Å². The van der Waals surface area contributed by atoms with Crippen LogP contribution in [0.4, 0.5) is 5.82 Å². The van der Waals surface area contributed by atoms with E-state index in [-0.39, 0.29) is 16.9 Å². The maximum atomic E-state index is 12.8. The number of nitrogen functional groups attached to an aromatic ring is 1.